The number of carbonyl (C=O) groups is 1. The van der Waals surface area contributed by atoms with Crippen LogP contribution in [0.3, 0.4) is 0 Å². The van der Waals surface area contributed by atoms with Crippen LogP contribution < -0.4 is 0 Å². The Morgan fingerprint density at radius 3 is 2.37 bits per heavy atom. The van der Waals surface area contributed by atoms with Crippen LogP contribution in [-0.4, -0.2) is 17.1 Å². The Bertz CT molecular complexity index is 712. The molecule has 0 fully saturated rings. The van der Waals surface area contributed by atoms with Crippen molar-refractivity contribution in [2.24, 2.45) is 5.92 Å². The van der Waals surface area contributed by atoms with Gasteiger partial charge in [-0.05, 0) is 37.5 Å². The minimum Gasteiger partial charge on any atom is -0.501 e. The minimum absolute atomic E-state index is 0.154. The lowest BCUT2D eigenvalue weighted by molar-refractivity contribution is 0.0959. The lowest BCUT2D eigenvalue weighted by Gasteiger charge is -2.32. The van der Waals surface area contributed by atoms with Crippen LogP contribution in [0.15, 0.2) is 77.9 Å². The first kappa shape index (κ1) is 21.3. The lowest BCUT2D eigenvalue weighted by Crippen LogP contribution is -2.29. The van der Waals surface area contributed by atoms with Gasteiger partial charge in [0.25, 0.3) is 0 Å². The predicted octanol–water partition coefficient (Wildman–Crippen LogP) is 6.78. The Kier molecular flexibility index (Phi) is 8.66. The molecule has 2 unspecified atom stereocenters. The normalized spacial score (nSPS) is 14.6. The number of thioether (sulfide) groups is 1. The zero-order valence-electron chi connectivity index (χ0n) is 16.6. The number of Topliss-reactive ketones (excluding diaryl/α,β-unsaturated/α-hetero) is 1. The van der Waals surface area contributed by atoms with Crippen LogP contribution in [0.2, 0.25) is 0 Å². The van der Waals surface area contributed by atoms with Crippen molar-refractivity contribution >= 4 is 17.5 Å². The maximum Gasteiger partial charge on any atom is 0.163 e. The first-order valence-corrected chi connectivity index (χ1v) is 10.5. The van der Waals surface area contributed by atoms with Crippen LogP contribution in [0.25, 0.3) is 0 Å². The Balaban J connectivity index is 2.12. The average Bonchev–Trinajstić information content (AvgIpc) is 2.69. The Morgan fingerprint density at radius 2 is 1.74 bits per heavy atom. The van der Waals surface area contributed by atoms with Crippen molar-refractivity contribution in [2.75, 3.05) is 6.61 Å². The average molecular weight is 383 g/mol. The largest absolute Gasteiger partial charge is 0.501 e. The van der Waals surface area contributed by atoms with E-state index in [0.717, 1.165) is 25.0 Å². The lowest BCUT2D eigenvalue weighted by atomic mass is 9.88. The fourth-order valence-corrected chi connectivity index (χ4v) is 3.95. The summed E-state index contributed by atoms with van der Waals surface area (Å²) in [6.45, 7) is 7.22. The smallest absolute Gasteiger partial charge is 0.163 e. The van der Waals surface area contributed by atoms with Crippen LogP contribution in [0.1, 0.15) is 50.4 Å². The van der Waals surface area contributed by atoms with Gasteiger partial charge in [0.2, 0.25) is 0 Å². The molecular formula is C24H30O2S. The second-order valence-corrected chi connectivity index (χ2v) is 8.58. The van der Waals surface area contributed by atoms with Crippen LogP contribution >= 0.6 is 11.8 Å². The van der Waals surface area contributed by atoms with E-state index in [1.165, 1.54) is 4.90 Å². The maximum absolute atomic E-state index is 12.7. The number of rotatable bonds is 11. The molecule has 0 N–H and O–H groups in total. The highest BCUT2D eigenvalue weighted by atomic mass is 32.2. The van der Waals surface area contributed by atoms with Crippen molar-refractivity contribution in [3.8, 4) is 0 Å². The Hall–Kier alpha value is -2.00. The minimum atomic E-state index is -0.238. The fourth-order valence-electron chi connectivity index (χ4n) is 2.74. The van der Waals surface area contributed by atoms with Crippen LogP contribution in [0.5, 0.6) is 0 Å². The number of carbonyl (C=O) groups excluding carboxylic acids is 1. The number of ketones is 1. The third kappa shape index (κ3) is 6.91. The zero-order valence-corrected chi connectivity index (χ0v) is 17.4. The molecule has 0 aliphatic rings. The summed E-state index contributed by atoms with van der Waals surface area (Å²) < 4.78 is 5.43. The highest BCUT2D eigenvalue weighted by Gasteiger charge is 2.32. The summed E-state index contributed by atoms with van der Waals surface area (Å²) in [5.41, 5.74) is 0.777. The number of benzene rings is 2. The molecule has 0 spiro atoms. The monoisotopic (exact) mass is 382 g/mol. The molecule has 0 aromatic heterocycles. The molecule has 0 amide bonds. The summed E-state index contributed by atoms with van der Waals surface area (Å²) in [7, 11) is 0. The van der Waals surface area contributed by atoms with Gasteiger partial charge in [0.15, 0.2) is 5.78 Å². The van der Waals surface area contributed by atoms with E-state index >= 15 is 0 Å². The second-order valence-electron chi connectivity index (χ2n) is 7.02. The van der Waals surface area contributed by atoms with E-state index in [-0.39, 0.29) is 16.4 Å². The van der Waals surface area contributed by atoms with Crippen molar-refractivity contribution in [1.29, 1.82) is 0 Å². The van der Waals surface area contributed by atoms with Crippen LogP contribution in [0.4, 0.5) is 0 Å². The summed E-state index contributed by atoms with van der Waals surface area (Å²) in [6.07, 6.45) is 6.60. The van der Waals surface area contributed by atoms with Crippen molar-refractivity contribution < 1.29 is 9.53 Å². The maximum atomic E-state index is 12.7. The first-order chi connectivity index (χ1) is 13.0. The summed E-state index contributed by atoms with van der Waals surface area (Å²) in [6, 6.07) is 19.9. The van der Waals surface area contributed by atoms with E-state index in [1.54, 1.807) is 11.8 Å². The predicted molar refractivity (Wildman–Crippen MR) is 115 cm³/mol. The molecule has 3 heteroatoms. The number of ether oxygens (including phenoxy) is 1. The van der Waals surface area contributed by atoms with Crippen molar-refractivity contribution in [3.05, 3.63) is 78.6 Å². The van der Waals surface area contributed by atoms with E-state index < -0.39 is 0 Å². The van der Waals surface area contributed by atoms with Gasteiger partial charge in [-0.15, -0.1) is 11.8 Å². The van der Waals surface area contributed by atoms with Gasteiger partial charge in [0.05, 0.1) is 12.9 Å². The van der Waals surface area contributed by atoms with Crippen molar-refractivity contribution in [2.45, 2.75) is 49.7 Å². The molecule has 0 heterocycles. The fraction of sp³-hybridized carbons (Fsp3) is 0.375. The molecule has 0 saturated heterocycles. The molecule has 27 heavy (non-hydrogen) atoms. The highest BCUT2D eigenvalue weighted by molar-refractivity contribution is 8.00. The van der Waals surface area contributed by atoms with Gasteiger partial charge in [0, 0.05) is 21.6 Å². The van der Waals surface area contributed by atoms with Gasteiger partial charge in [-0.3, -0.25) is 4.79 Å². The third-order valence-corrected chi connectivity index (χ3v) is 6.24. The molecule has 2 atom stereocenters. The second kappa shape index (κ2) is 11.0. The third-order valence-electron chi connectivity index (χ3n) is 4.76. The van der Waals surface area contributed by atoms with Gasteiger partial charge < -0.3 is 4.74 Å². The van der Waals surface area contributed by atoms with Gasteiger partial charge in [-0.25, -0.2) is 0 Å². The zero-order chi connectivity index (χ0) is 19.5. The summed E-state index contributed by atoms with van der Waals surface area (Å²) in [5, 5.41) is 0. The quantitative estimate of drug-likeness (QED) is 0.185. The van der Waals surface area contributed by atoms with Gasteiger partial charge in [0.1, 0.15) is 0 Å². The first-order valence-electron chi connectivity index (χ1n) is 9.67. The van der Waals surface area contributed by atoms with Crippen LogP contribution in [0, 0.1) is 5.92 Å². The molecule has 144 valence electrons. The molecular weight excluding hydrogens is 352 g/mol. The Labute approximate surface area is 168 Å². The highest BCUT2D eigenvalue weighted by Crippen LogP contribution is 2.41. The number of hydrogen-bond acceptors (Lipinski definition) is 3. The van der Waals surface area contributed by atoms with E-state index in [1.807, 2.05) is 54.8 Å². The van der Waals surface area contributed by atoms with Gasteiger partial charge >= 0.3 is 0 Å². The molecule has 2 nitrogen and oxygen atoms in total. The number of hydrogen-bond donors (Lipinski definition) is 0. The molecule has 0 aliphatic heterocycles. The van der Waals surface area contributed by atoms with Crippen molar-refractivity contribution in [3.63, 3.8) is 0 Å². The van der Waals surface area contributed by atoms with E-state index in [4.69, 9.17) is 4.74 Å². The van der Waals surface area contributed by atoms with E-state index in [0.29, 0.717) is 6.42 Å². The molecule has 0 aliphatic carbocycles. The number of unbranched alkanes of at least 4 members (excludes halogenated alkanes) is 1. The standard InChI is InChI=1S/C24H30O2S/c1-4-5-17-26-18-16-24(3,27-22-14-10-7-11-15-22)20(2)19-23(25)21-12-8-6-9-13-21/h6-16,18,20H,4-5,17,19H2,1-3H3. The molecule has 0 saturated carbocycles. The summed E-state index contributed by atoms with van der Waals surface area (Å²) in [4.78, 5) is 13.9. The van der Waals surface area contributed by atoms with Crippen LogP contribution in [-0.2, 0) is 4.74 Å². The van der Waals surface area contributed by atoms with Gasteiger partial charge in [-0.2, -0.15) is 0 Å². The van der Waals surface area contributed by atoms with E-state index in [2.05, 4.69) is 39.0 Å². The van der Waals surface area contributed by atoms with Gasteiger partial charge in [-0.1, -0.05) is 68.8 Å². The molecule has 0 bridgehead atoms. The molecule has 0 radical (unpaired) electrons. The molecule has 2 aromatic rings. The topological polar surface area (TPSA) is 26.3 Å². The SMILES string of the molecule is CCCCOC=CC(C)(Sc1ccccc1)C(C)CC(=O)c1ccccc1. The summed E-state index contributed by atoms with van der Waals surface area (Å²) >= 11 is 1.78. The van der Waals surface area contributed by atoms with Crippen molar-refractivity contribution in [1.82, 2.24) is 0 Å². The molecule has 2 rings (SSSR count). The Morgan fingerprint density at radius 1 is 1.11 bits per heavy atom. The van der Waals surface area contributed by atoms with E-state index in [9.17, 15) is 4.79 Å². The molecule has 2 aromatic carbocycles. The summed E-state index contributed by atoms with van der Waals surface area (Å²) in [5.74, 6) is 0.338.